The molecule has 5 heteroatoms. The molecule has 0 aliphatic rings. The molecule has 0 aliphatic carbocycles. The summed E-state index contributed by atoms with van der Waals surface area (Å²) in [7, 11) is 0. The predicted octanol–water partition coefficient (Wildman–Crippen LogP) is 2.35. The largest absolute Gasteiger partial charge is 0.392 e. The van der Waals surface area contributed by atoms with Crippen LogP contribution in [-0.4, -0.2) is 29.4 Å². The Morgan fingerprint density at radius 3 is 2.88 bits per heavy atom. The summed E-state index contributed by atoms with van der Waals surface area (Å²) in [4.78, 5) is 12.5. The third-order valence-corrected chi connectivity index (χ3v) is 3.76. The van der Waals surface area contributed by atoms with Gasteiger partial charge in [0, 0.05) is 15.9 Å². The molecule has 0 bridgehead atoms. The molecule has 17 heavy (non-hydrogen) atoms. The van der Waals surface area contributed by atoms with E-state index < -0.39 is 6.10 Å². The van der Waals surface area contributed by atoms with Gasteiger partial charge in [0.15, 0.2) is 0 Å². The lowest BCUT2D eigenvalue weighted by molar-refractivity contribution is -0.118. The van der Waals surface area contributed by atoms with Gasteiger partial charge in [0.05, 0.1) is 11.9 Å². The Balaban J connectivity index is 2.42. The summed E-state index contributed by atoms with van der Waals surface area (Å²) in [6.07, 6.45) is -0.502. The smallest absolute Gasteiger partial charge is 0.230 e. The van der Waals surface area contributed by atoms with Crippen molar-refractivity contribution in [2.75, 3.05) is 12.3 Å². The highest BCUT2D eigenvalue weighted by Gasteiger charge is 2.06. The van der Waals surface area contributed by atoms with Crippen LogP contribution in [0, 0.1) is 6.92 Å². The molecular weight excluding hydrogens is 302 g/mol. The third kappa shape index (κ3) is 5.57. The van der Waals surface area contributed by atoms with E-state index in [1.54, 1.807) is 6.92 Å². The number of hydrogen-bond donors (Lipinski definition) is 2. The molecule has 1 atom stereocenters. The van der Waals surface area contributed by atoms with Crippen LogP contribution < -0.4 is 5.32 Å². The van der Waals surface area contributed by atoms with Crippen LogP contribution in [0.5, 0.6) is 0 Å². The molecule has 2 N–H and O–H groups in total. The Labute approximate surface area is 114 Å². The summed E-state index contributed by atoms with van der Waals surface area (Å²) >= 11 is 4.90. The lowest BCUT2D eigenvalue weighted by atomic mass is 10.2. The van der Waals surface area contributed by atoms with Crippen LogP contribution in [-0.2, 0) is 4.79 Å². The van der Waals surface area contributed by atoms with Gasteiger partial charge in [0.2, 0.25) is 5.91 Å². The standard InChI is InChI=1S/C12H16BrNO2S/c1-8-5-10(13)3-4-11(8)17-7-12(16)14-6-9(2)15/h3-5,9,15H,6-7H2,1-2H3,(H,14,16). The van der Waals surface area contributed by atoms with Gasteiger partial charge in [-0.15, -0.1) is 11.8 Å². The average Bonchev–Trinajstić information content (AvgIpc) is 2.25. The van der Waals surface area contributed by atoms with Crippen molar-refractivity contribution in [3.63, 3.8) is 0 Å². The SMILES string of the molecule is Cc1cc(Br)ccc1SCC(=O)NCC(C)O. The number of nitrogens with one attached hydrogen (secondary N) is 1. The number of rotatable bonds is 5. The van der Waals surface area contributed by atoms with E-state index in [9.17, 15) is 4.79 Å². The molecule has 1 aromatic carbocycles. The van der Waals surface area contributed by atoms with Crippen LogP contribution in [0.2, 0.25) is 0 Å². The maximum Gasteiger partial charge on any atom is 0.230 e. The average molecular weight is 318 g/mol. The Kier molecular flexibility index (Phi) is 6.02. The van der Waals surface area contributed by atoms with E-state index in [1.807, 2.05) is 25.1 Å². The van der Waals surface area contributed by atoms with Crippen molar-refractivity contribution >= 4 is 33.6 Å². The first kappa shape index (κ1) is 14.5. The summed E-state index contributed by atoms with van der Waals surface area (Å²) in [5, 5.41) is 11.7. The highest BCUT2D eigenvalue weighted by Crippen LogP contribution is 2.24. The van der Waals surface area contributed by atoms with Crippen molar-refractivity contribution in [3.8, 4) is 0 Å². The summed E-state index contributed by atoms with van der Waals surface area (Å²) in [6.45, 7) is 3.96. The van der Waals surface area contributed by atoms with Crippen molar-refractivity contribution in [3.05, 3.63) is 28.2 Å². The molecule has 0 aromatic heterocycles. The normalized spacial score (nSPS) is 12.2. The van der Waals surface area contributed by atoms with Crippen LogP contribution >= 0.6 is 27.7 Å². The highest BCUT2D eigenvalue weighted by molar-refractivity contribution is 9.10. The maximum absolute atomic E-state index is 11.4. The van der Waals surface area contributed by atoms with Crippen molar-refractivity contribution in [1.82, 2.24) is 5.32 Å². The first-order valence-corrected chi connectivity index (χ1v) is 7.10. The van der Waals surface area contributed by atoms with Crippen LogP contribution in [0.1, 0.15) is 12.5 Å². The molecule has 0 fully saturated rings. The Hall–Kier alpha value is -0.520. The number of benzene rings is 1. The van der Waals surface area contributed by atoms with E-state index in [4.69, 9.17) is 5.11 Å². The molecule has 1 amide bonds. The number of aliphatic hydroxyl groups excluding tert-OH is 1. The minimum Gasteiger partial charge on any atom is -0.392 e. The number of carbonyl (C=O) groups excluding carboxylic acids is 1. The van der Waals surface area contributed by atoms with E-state index in [0.717, 1.165) is 14.9 Å². The molecule has 1 aromatic rings. The molecule has 0 saturated carbocycles. The van der Waals surface area contributed by atoms with Gasteiger partial charge in [-0.25, -0.2) is 0 Å². The maximum atomic E-state index is 11.4. The number of carbonyl (C=O) groups is 1. The van der Waals surface area contributed by atoms with Crippen LogP contribution in [0.3, 0.4) is 0 Å². The number of halogens is 1. The molecule has 0 radical (unpaired) electrons. The molecular formula is C12H16BrNO2S. The van der Waals surface area contributed by atoms with Crippen molar-refractivity contribution in [1.29, 1.82) is 0 Å². The minimum absolute atomic E-state index is 0.0572. The zero-order valence-corrected chi connectivity index (χ0v) is 12.3. The second-order valence-corrected chi connectivity index (χ2v) is 5.78. The van der Waals surface area contributed by atoms with Gasteiger partial charge in [-0.3, -0.25) is 4.79 Å². The minimum atomic E-state index is -0.502. The van der Waals surface area contributed by atoms with E-state index in [2.05, 4.69) is 21.2 Å². The number of amides is 1. The molecule has 94 valence electrons. The van der Waals surface area contributed by atoms with E-state index in [1.165, 1.54) is 11.8 Å². The first-order chi connectivity index (χ1) is 7.99. The molecule has 1 unspecified atom stereocenters. The van der Waals surface area contributed by atoms with Gasteiger partial charge in [-0.05, 0) is 37.6 Å². The van der Waals surface area contributed by atoms with Gasteiger partial charge in [0.1, 0.15) is 0 Å². The lowest BCUT2D eigenvalue weighted by Crippen LogP contribution is -2.31. The van der Waals surface area contributed by atoms with Gasteiger partial charge in [-0.1, -0.05) is 15.9 Å². The van der Waals surface area contributed by atoms with E-state index in [0.29, 0.717) is 12.3 Å². The van der Waals surface area contributed by atoms with Crippen molar-refractivity contribution in [2.24, 2.45) is 0 Å². The molecule has 1 rings (SSSR count). The van der Waals surface area contributed by atoms with Crippen molar-refractivity contribution in [2.45, 2.75) is 24.8 Å². The molecule has 3 nitrogen and oxygen atoms in total. The Morgan fingerprint density at radius 2 is 2.29 bits per heavy atom. The number of aliphatic hydroxyl groups is 1. The van der Waals surface area contributed by atoms with Crippen LogP contribution in [0.4, 0.5) is 0 Å². The van der Waals surface area contributed by atoms with Gasteiger partial charge < -0.3 is 10.4 Å². The molecule has 0 heterocycles. The first-order valence-electron chi connectivity index (χ1n) is 5.32. The quantitative estimate of drug-likeness (QED) is 0.820. The predicted molar refractivity (Wildman–Crippen MR) is 74.3 cm³/mol. The monoisotopic (exact) mass is 317 g/mol. The Bertz CT molecular complexity index is 396. The molecule has 0 aliphatic heterocycles. The van der Waals surface area contributed by atoms with E-state index in [-0.39, 0.29) is 5.91 Å². The van der Waals surface area contributed by atoms with E-state index >= 15 is 0 Å². The lowest BCUT2D eigenvalue weighted by Gasteiger charge is -2.08. The second kappa shape index (κ2) is 7.03. The topological polar surface area (TPSA) is 49.3 Å². The fourth-order valence-corrected chi connectivity index (χ4v) is 2.55. The zero-order chi connectivity index (χ0) is 12.8. The molecule has 0 saturated heterocycles. The van der Waals surface area contributed by atoms with Crippen LogP contribution in [0.25, 0.3) is 0 Å². The Morgan fingerprint density at radius 1 is 1.59 bits per heavy atom. The van der Waals surface area contributed by atoms with Crippen LogP contribution in [0.15, 0.2) is 27.6 Å². The highest BCUT2D eigenvalue weighted by atomic mass is 79.9. The molecule has 0 spiro atoms. The second-order valence-electron chi connectivity index (χ2n) is 3.85. The number of aryl methyl sites for hydroxylation is 1. The summed E-state index contributed by atoms with van der Waals surface area (Å²) in [5.74, 6) is 0.313. The summed E-state index contributed by atoms with van der Waals surface area (Å²) < 4.78 is 1.04. The fraction of sp³-hybridized carbons (Fsp3) is 0.417. The van der Waals surface area contributed by atoms with Gasteiger partial charge >= 0.3 is 0 Å². The van der Waals surface area contributed by atoms with Gasteiger partial charge in [-0.2, -0.15) is 0 Å². The van der Waals surface area contributed by atoms with Gasteiger partial charge in [0.25, 0.3) is 0 Å². The fourth-order valence-electron chi connectivity index (χ4n) is 1.23. The number of hydrogen-bond acceptors (Lipinski definition) is 3. The summed E-state index contributed by atoms with van der Waals surface area (Å²) in [6, 6.07) is 5.98. The third-order valence-electron chi connectivity index (χ3n) is 2.09. The summed E-state index contributed by atoms with van der Waals surface area (Å²) in [5.41, 5.74) is 1.15. The number of thioether (sulfide) groups is 1. The zero-order valence-electron chi connectivity index (χ0n) is 9.87. The van der Waals surface area contributed by atoms with Crippen molar-refractivity contribution < 1.29 is 9.90 Å².